The Morgan fingerprint density at radius 2 is 2.42 bits per heavy atom. The van der Waals surface area contributed by atoms with Crippen LogP contribution >= 0.6 is 0 Å². The van der Waals surface area contributed by atoms with Crippen LogP contribution in [-0.4, -0.2) is 11.7 Å². The zero-order chi connectivity index (χ0) is 8.97. The zero-order valence-corrected chi connectivity index (χ0v) is 7.34. The summed E-state index contributed by atoms with van der Waals surface area (Å²) in [4.78, 5) is 0. The minimum absolute atomic E-state index is 0.211. The highest BCUT2D eigenvalue weighted by Gasteiger charge is 2.00. The van der Waals surface area contributed by atoms with E-state index in [4.69, 9.17) is 9.52 Å². The zero-order valence-electron chi connectivity index (χ0n) is 7.34. The van der Waals surface area contributed by atoms with Crippen LogP contribution in [0.15, 0.2) is 23.3 Å². The SMILES string of the molecule is C=C(C)c1coc(CCCO)c1. The summed E-state index contributed by atoms with van der Waals surface area (Å²) in [5.74, 6) is 0.919. The van der Waals surface area contributed by atoms with Gasteiger partial charge in [-0.1, -0.05) is 6.58 Å². The van der Waals surface area contributed by atoms with E-state index in [9.17, 15) is 0 Å². The van der Waals surface area contributed by atoms with Crippen molar-refractivity contribution < 1.29 is 9.52 Å². The van der Waals surface area contributed by atoms with E-state index in [0.717, 1.165) is 29.7 Å². The Bertz CT molecular complexity index is 261. The van der Waals surface area contributed by atoms with Gasteiger partial charge in [-0.15, -0.1) is 0 Å². The van der Waals surface area contributed by atoms with E-state index in [0.29, 0.717) is 0 Å². The average molecular weight is 166 g/mol. The Hall–Kier alpha value is -1.02. The lowest BCUT2D eigenvalue weighted by Crippen LogP contribution is -1.86. The molecule has 0 aliphatic rings. The van der Waals surface area contributed by atoms with Gasteiger partial charge in [0.05, 0.1) is 6.26 Å². The number of allylic oxidation sites excluding steroid dienone is 1. The van der Waals surface area contributed by atoms with Crippen LogP contribution in [0.25, 0.3) is 5.57 Å². The first-order valence-corrected chi connectivity index (χ1v) is 4.08. The molecule has 1 N–H and O–H groups in total. The molecule has 2 heteroatoms. The van der Waals surface area contributed by atoms with E-state index in [1.165, 1.54) is 0 Å². The summed E-state index contributed by atoms with van der Waals surface area (Å²) in [5, 5.41) is 8.58. The third-order valence-electron chi connectivity index (χ3n) is 1.73. The lowest BCUT2D eigenvalue weighted by atomic mass is 10.1. The molecule has 0 amide bonds. The van der Waals surface area contributed by atoms with Crippen molar-refractivity contribution in [2.24, 2.45) is 0 Å². The van der Waals surface area contributed by atoms with Crippen molar-refractivity contribution in [1.82, 2.24) is 0 Å². The summed E-state index contributed by atoms with van der Waals surface area (Å²) in [5.41, 5.74) is 2.05. The Morgan fingerprint density at radius 1 is 1.67 bits per heavy atom. The van der Waals surface area contributed by atoms with Crippen LogP contribution in [0.3, 0.4) is 0 Å². The van der Waals surface area contributed by atoms with Gasteiger partial charge in [0.1, 0.15) is 5.76 Å². The average Bonchev–Trinajstić information content (AvgIpc) is 2.48. The minimum Gasteiger partial charge on any atom is -0.469 e. The lowest BCUT2D eigenvalue weighted by Gasteiger charge is -1.90. The van der Waals surface area contributed by atoms with Crippen LogP contribution < -0.4 is 0 Å². The van der Waals surface area contributed by atoms with Crippen molar-refractivity contribution in [3.8, 4) is 0 Å². The molecule has 0 aromatic carbocycles. The fourth-order valence-corrected chi connectivity index (χ4v) is 0.989. The van der Waals surface area contributed by atoms with Crippen LogP contribution in [0.2, 0.25) is 0 Å². The fourth-order valence-electron chi connectivity index (χ4n) is 0.989. The molecule has 12 heavy (non-hydrogen) atoms. The van der Waals surface area contributed by atoms with Crippen LogP contribution in [0, 0.1) is 0 Å². The second-order valence-electron chi connectivity index (χ2n) is 2.91. The van der Waals surface area contributed by atoms with Gasteiger partial charge in [-0.05, 0) is 25.0 Å². The van der Waals surface area contributed by atoms with Crippen molar-refractivity contribution >= 4 is 5.57 Å². The number of hydrogen-bond acceptors (Lipinski definition) is 2. The lowest BCUT2D eigenvalue weighted by molar-refractivity contribution is 0.284. The van der Waals surface area contributed by atoms with Crippen molar-refractivity contribution in [2.75, 3.05) is 6.61 Å². The van der Waals surface area contributed by atoms with Gasteiger partial charge in [-0.2, -0.15) is 0 Å². The van der Waals surface area contributed by atoms with Crippen molar-refractivity contribution in [3.63, 3.8) is 0 Å². The van der Waals surface area contributed by atoms with Gasteiger partial charge in [0, 0.05) is 18.6 Å². The third kappa shape index (κ3) is 2.24. The topological polar surface area (TPSA) is 33.4 Å². The molecule has 0 bridgehead atoms. The van der Waals surface area contributed by atoms with Gasteiger partial charge in [-0.25, -0.2) is 0 Å². The van der Waals surface area contributed by atoms with Crippen LogP contribution in [0.1, 0.15) is 24.7 Å². The number of aliphatic hydroxyl groups excluding tert-OH is 1. The highest BCUT2D eigenvalue weighted by molar-refractivity contribution is 5.60. The summed E-state index contributed by atoms with van der Waals surface area (Å²) < 4.78 is 5.26. The highest BCUT2D eigenvalue weighted by Crippen LogP contribution is 2.16. The predicted octanol–water partition coefficient (Wildman–Crippen LogP) is 2.24. The van der Waals surface area contributed by atoms with Gasteiger partial charge < -0.3 is 9.52 Å². The molecule has 0 fully saturated rings. The molecule has 1 aromatic rings. The van der Waals surface area contributed by atoms with Gasteiger partial charge in [-0.3, -0.25) is 0 Å². The first kappa shape index (κ1) is 9.07. The van der Waals surface area contributed by atoms with Gasteiger partial charge in [0.15, 0.2) is 0 Å². The standard InChI is InChI=1S/C10H14O2/c1-8(2)9-6-10(12-7-9)4-3-5-11/h6-7,11H,1,3-5H2,2H3. The monoisotopic (exact) mass is 166 g/mol. The molecule has 0 atom stereocenters. The summed E-state index contributed by atoms with van der Waals surface area (Å²) in [6.07, 6.45) is 3.25. The second-order valence-corrected chi connectivity index (χ2v) is 2.91. The van der Waals surface area contributed by atoms with Crippen LogP contribution in [-0.2, 0) is 6.42 Å². The molecule has 2 nitrogen and oxygen atoms in total. The van der Waals surface area contributed by atoms with Gasteiger partial charge >= 0.3 is 0 Å². The van der Waals surface area contributed by atoms with Crippen molar-refractivity contribution in [3.05, 3.63) is 30.2 Å². The molecule has 1 rings (SSSR count). The summed E-state index contributed by atoms with van der Waals surface area (Å²) in [6.45, 7) is 5.97. The maximum atomic E-state index is 8.58. The van der Waals surface area contributed by atoms with E-state index in [2.05, 4.69) is 6.58 Å². The van der Waals surface area contributed by atoms with Gasteiger partial charge in [0.2, 0.25) is 0 Å². The molecular weight excluding hydrogens is 152 g/mol. The molecule has 66 valence electrons. The second kappa shape index (κ2) is 4.12. The molecule has 1 heterocycles. The maximum absolute atomic E-state index is 8.58. The molecule has 0 saturated heterocycles. The molecule has 0 unspecified atom stereocenters. The number of hydrogen-bond donors (Lipinski definition) is 1. The fraction of sp³-hybridized carbons (Fsp3) is 0.400. The van der Waals surface area contributed by atoms with E-state index in [1.807, 2.05) is 13.0 Å². The largest absolute Gasteiger partial charge is 0.469 e. The quantitative estimate of drug-likeness (QED) is 0.744. The number of furan rings is 1. The van der Waals surface area contributed by atoms with E-state index < -0.39 is 0 Å². The molecule has 0 spiro atoms. The Labute approximate surface area is 72.5 Å². The normalized spacial score (nSPS) is 10.2. The van der Waals surface area contributed by atoms with E-state index >= 15 is 0 Å². The van der Waals surface area contributed by atoms with Crippen molar-refractivity contribution in [1.29, 1.82) is 0 Å². The number of aryl methyl sites for hydroxylation is 1. The minimum atomic E-state index is 0.211. The predicted molar refractivity (Wildman–Crippen MR) is 48.8 cm³/mol. The number of aliphatic hydroxyl groups is 1. The summed E-state index contributed by atoms with van der Waals surface area (Å²) in [7, 11) is 0. The summed E-state index contributed by atoms with van der Waals surface area (Å²) >= 11 is 0. The summed E-state index contributed by atoms with van der Waals surface area (Å²) in [6, 6.07) is 1.97. The Morgan fingerprint density at radius 3 is 2.92 bits per heavy atom. The van der Waals surface area contributed by atoms with E-state index in [-0.39, 0.29) is 6.61 Å². The van der Waals surface area contributed by atoms with Crippen LogP contribution in [0.5, 0.6) is 0 Å². The third-order valence-corrected chi connectivity index (χ3v) is 1.73. The molecule has 0 radical (unpaired) electrons. The first-order chi connectivity index (χ1) is 5.74. The molecule has 0 aliphatic carbocycles. The molecule has 0 saturated carbocycles. The van der Waals surface area contributed by atoms with E-state index in [1.54, 1.807) is 6.26 Å². The molecule has 0 aliphatic heterocycles. The molecule has 1 aromatic heterocycles. The first-order valence-electron chi connectivity index (χ1n) is 4.08. The molecular formula is C10H14O2. The highest BCUT2D eigenvalue weighted by atomic mass is 16.3. The maximum Gasteiger partial charge on any atom is 0.104 e. The Balaban J connectivity index is 2.58. The van der Waals surface area contributed by atoms with Crippen LogP contribution in [0.4, 0.5) is 0 Å². The number of rotatable bonds is 4. The Kier molecular flexibility index (Phi) is 3.11. The van der Waals surface area contributed by atoms with Gasteiger partial charge in [0.25, 0.3) is 0 Å². The smallest absolute Gasteiger partial charge is 0.104 e. The van der Waals surface area contributed by atoms with Crippen molar-refractivity contribution in [2.45, 2.75) is 19.8 Å².